The van der Waals surface area contributed by atoms with E-state index in [0.717, 1.165) is 31.3 Å². The number of nitrogens with zero attached hydrogens (tertiary/aromatic N) is 3. The van der Waals surface area contributed by atoms with Crippen molar-refractivity contribution in [1.82, 2.24) is 14.8 Å². The van der Waals surface area contributed by atoms with Crippen LogP contribution in [0.3, 0.4) is 0 Å². The summed E-state index contributed by atoms with van der Waals surface area (Å²) in [4.78, 5) is 33.8. The van der Waals surface area contributed by atoms with Crippen molar-refractivity contribution in [2.24, 2.45) is 5.92 Å². The number of carbonyl (C=O) groups is 2. The molecule has 0 unspecified atom stereocenters. The van der Waals surface area contributed by atoms with Crippen LogP contribution >= 0.6 is 0 Å². The Hall–Kier alpha value is -2.37. The van der Waals surface area contributed by atoms with Gasteiger partial charge < -0.3 is 14.2 Å². The Kier molecular flexibility index (Phi) is 3.98. The number of aryl methyl sites for hydroxylation is 1. The van der Waals surface area contributed by atoms with Crippen molar-refractivity contribution in [2.45, 2.75) is 39.2 Å². The molecule has 0 spiro atoms. The second-order valence-electron chi connectivity index (χ2n) is 7.09. The highest BCUT2D eigenvalue weighted by Gasteiger charge is 2.41. The van der Waals surface area contributed by atoms with Gasteiger partial charge in [-0.05, 0) is 37.5 Å². The molecule has 2 aromatic rings. The molecule has 25 heavy (non-hydrogen) atoms. The van der Waals surface area contributed by atoms with Crippen molar-refractivity contribution in [2.75, 3.05) is 19.6 Å². The minimum Gasteiger partial charge on any atom is -0.441 e. The monoisotopic (exact) mass is 341 g/mol. The Morgan fingerprint density at radius 2 is 2.16 bits per heavy atom. The SMILES string of the molecule is CCCN1C(=O)[C@@H]2CC[C@H]1CN(C(=O)c1ccc3nc(C)oc3c1)C2. The van der Waals surface area contributed by atoms with E-state index in [-0.39, 0.29) is 23.8 Å². The van der Waals surface area contributed by atoms with E-state index >= 15 is 0 Å². The predicted octanol–water partition coefficient (Wildman–Crippen LogP) is 2.61. The van der Waals surface area contributed by atoms with Gasteiger partial charge in [-0.3, -0.25) is 9.59 Å². The number of piperidine rings is 1. The molecule has 2 amide bonds. The van der Waals surface area contributed by atoms with Gasteiger partial charge in [0.15, 0.2) is 11.5 Å². The van der Waals surface area contributed by atoms with Crippen molar-refractivity contribution < 1.29 is 14.0 Å². The molecule has 3 aliphatic rings. The summed E-state index contributed by atoms with van der Waals surface area (Å²) in [6.07, 6.45) is 2.82. The van der Waals surface area contributed by atoms with Crippen LogP contribution in [0.25, 0.3) is 11.1 Å². The lowest BCUT2D eigenvalue weighted by atomic mass is 9.94. The molecule has 0 N–H and O–H groups in total. The van der Waals surface area contributed by atoms with Gasteiger partial charge in [0.2, 0.25) is 5.91 Å². The third-order valence-electron chi connectivity index (χ3n) is 5.29. The van der Waals surface area contributed by atoms with Gasteiger partial charge in [-0.2, -0.15) is 0 Å². The zero-order valence-corrected chi connectivity index (χ0v) is 14.7. The Morgan fingerprint density at radius 3 is 2.96 bits per heavy atom. The highest BCUT2D eigenvalue weighted by molar-refractivity contribution is 5.97. The van der Waals surface area contributed by atoms with E-state index in [1.807, 2.05) is 15.9 Å². The molecule has 3 aliphatic heterocycles. The number of aromatic nitrogens is 1. The Labute approximate surface area is 146 Å². The smallest absolute Gasteiger partial charge is 0.254 e. The van der Waals surface area contributed by atoms with E-state index in [1.165, 1.54) is 0 Å². The van der Waals surface area contributed by atoms with E-state index in [4.69, 9.17) is 4.42 Å². The van der Waals surface area contributed by atoms with Crippen molar-refractivity contribution in [1.29, 1.82) is 0 Å². The lowest BCUT2D eigenvalue weighted by Gasteiger charge is -2.35. The summed E-state index contributed by atoms with van der Waals surface area (Å²) in [6.45, 7) is 5.80. The molecule has 1 aromatic carbocycles. The summed E-state index contributed by atoms with van der Waals surface area (Å²) in [5.41, 5.74) is 1.98. The topological polar surface area (TPSA) is 66.7 Å². The summed E-state index contributed by atoms with van der Waals surface area (Å²) < 4.78 is 5.55. The van der Waals surface area contributed by atoms with Crippen LogP contribution in [-0.2, 0) is 4.79 Å². The maximum atomic E-state index is 13.0. The number of benzene rings is 1. The fourth-order valence-corrected chi connectivity index (χ4v) is 4.10. The molecule has 4 heterocycles. The molecule has 0 aliphatic carbocycles. The fourth-order valence-electron chi connectivity index (χ4n) is 4.10. The third kappa shape index (κ3) is 2.79. The van der Waals surface area contributed by atoms with Gasteiger partial charge in [-0.15, -0.1) is 0 Å². The van der Waals surface area contributed by atoms with Gasteiger partial charge in [0, 0.05) is 38.2 Å². The van der Waals surface area contributed by atoms with Gasteiger partial charge in [-0.25, -0.2) is 4.98 Å². The van der Waals surface area contributed by atoms with Crippen LogP contribution in [0, 0.1) is 12.8 Å². The summed E-state index contributed by atoms with van der Waals surface area (Å²) in [5, 5.41) is 0. The zero-order chi connectivity index (χ0) is 17.6. The van der Waals surface area contributed by atoms with Crippen LogP contribution < -0.4 is 0 Å². The first-order valence-electron chi connectivity index (χ1n) is 9.03. The van der Waals surface area contributed by atoms with Crippen LogP contribution in [0.2, 0.25) is 0 Å². The van der Waals surface area contributed by atoms with Gasteiger partial charge in [0.05, 0.1) is 5.92 Å². The first kappa shape index (κ1) is 16.1. The van der Waals surface area contributed by atoms with Gasteiger partial charge in [-0.1, -0.05) is 6.92 Å². The average Bonchev–Trinajstić information content (AvgIpc) is 2.77. The molecule has 0 radical (unpaired) electrons. The van der Waals surface area contributed by atoms with Crippen LogP contribution in [0.5, 0.6) is 0 Å². The van der Waals surface area contributed by atoms with Gasteiger partial charge >= 0.3 is 0 Å². The first-order chi connectivity index (χ1) is 12.1. The van der Waals surface area contributed by atoms with Crippen molar-refractivity contribution in [3.05, 3.63) is 29.7 Å². The summed E-state index contributed by atoms with van der Waals surface area (Å²) in [7, 11) is 0. The quantitative estimate of drug-likeness (QED) is 0.861. The second kappa shape index (κ2) is 6.17. The summed E-state index contributed by atoms with van der Waals surface area (Å²) >= 11 is 0. The van der Waals surface area contributed by atoms with E-state index in [2.05, 4.69) is 11.9 Å². The van der Waals surface area contributed by atoms with Crippen LogP contribution in [0.15, 0.2) is 22.6 Å². The van der Waals surface area contributed by atoms with Crippen molar-refractivity contribution in [3.8, 4) is 0 Å². The maximum Gasteiger partial charge on any atom is 0.254 e. The van der Waals surface area contributed by atoms with Crippen LogP contribution in [0.4, 0.5) is 0 Å². The lowest BCUT2D eigenvalue weighted by Crippen LogP contribution is -2.48. The second-order valence-corrected chi connectivity index (χ2v) is 7.09. The first-order valence-corrected chi connectivity index (χ1v) is 9.03. The molecular formula is C19H23N3O3. The van der Waals surface area contributed by atoms with E-state index in [9.17, 15) is 9.59 Å². The van der Waals surface area contributed by atoms with E-state index < -0.39 is 0 Å². The normalized spacial score (nSPS) is 23.4. The molecule has 0 saturated carbocycles. The predicted molar refractivity (Wildman–Crippen MR) is 93.2 cm³/mol. The van der Waals surface area contributed by atoms with Crippen LogP contribution in [-0.4, -0.2) is 52.3 Å². The molecule has 2 atom stereocenters. The van der Waals surface area contributed by atoms with Crippen molar-refractivity contribution >= 4 is 22.9 Å². The molecule has 3 saturated heterocycles. The minimum absolute atomic E-state index is 0.0287. The summed E-state index contributed by atoms with van der Waals surface area (Å²) in [6, 6.07) is 5.52. The molecule has 6 nitrogen and oxygen atoms in total. The van der Waals surface area contributed by atoms with Gasteiger partial charge in [0.1, 0.15) is 5.52 Å². The number of amides is 2. The minimum atomic E-state index is -0.0643. The number of hydrogen-bond donors (Lipinski definition) is 0. The number of fused-ring (bicyclic) bond motifs is 5. The molecule has 5 rings (SSSR count). The number of carbonyl (C=O) groups excluding carboxylic acids is 2. The Bertz CT molecular complexity index is 828. The largest absolute Gasteiger partial charge is 0.441 e. The molecular weight excluding hydrogens is 318 g/mol. The highest BCUT2D eigenvalue weighted by Crippen LogP contribution is 2.30. The van der Waals surface area contributed by atoms with Crippen molar-refractivity contribution in [3.63, 3.8) is 0 Å². The number of hydrogen-bond acceptors (Lipinski definition) is 4. The molecule has 3 fully saturated rings. The Balaban J connectivity index is 1.60. The summed E-state index contributed by atoms with van der Waals surface area (Å²) in [5.74, 6) is 0.715. The highest BCUT2D eigenvalue weighted by atomic mass is 16.3. The molecule has 2 bridgehead atoms. The number of oxazole rings is 1. The van der Waals surface area contributed by atoms with E-state index in [0.29, 0.717) is 30.1 Å². The molecule has 6 heteroatoms. The molecule has 132 valence electrons. The molecule has 1 aromatic heterocycles. The van der Waals surface area contributed by atoms with Gasteiger partial charge in [0.25, 0.3) is 5.91 Å². The zero-order valence-electron chi connectivity index (χ0n) is 14.7. The van der Waals surface area contributed by atoms with Crippen LogP contribution in [0.1, 0.15) is 42.4 Å². The standard InChI is InChI=1S/C19H23N3O3/c1-3-8-22-15-6-4-14(19(22)24)10-21(11-15)18(23)13-5-7-16-17(9-13)25-12(2)20-16/h5,7,9,14-15H,3-4,6,8,10-11H2,1-2H3/t14-,15+/m1/s1. The fraction of sp³-hybridized carbons (Fsp3) is 0.526. The number of rotatable bonds is 3. The maximum absolute atomic E-state index is 13.0. The average molecular weight is 341 g/mol. The van der Waals surface area contributed by atoms with E-state index in [1.54, 1.807) is 19.1 Å². The third-order valence-corrected chi connectivity index (χ3v) is 5.29. The Morgan fingerprint density at radius 1 is 1.32 bits per heavy atom. The lowest BCUT2D eigenvalue weighted by molar-refractivity contribution is -0.139.